The minimum atomic E-state index is -0.299. The quantitative estimate of drug-likeness (QED) is 0.564. The Kier molecular flexibility index (Phi) is 4.00. The first-order valence-electron chi connectivity index (χ1n) is 7.83. The molecular formula is C19H15FN4O. The summed E-state index contributed by atoms with van der Waals surface area (Å²) >= 11 is 0. The first-order chi connectivity index (χ1) is 12.3. The molecule has 6 heteroatoms. The molecule has 25 heavy (non-hydrogen) atoms. The van der Waals surface area contributed by atoms with Crippen molar-refractivity contribution in [3.63, 3.8) is 0 Å². The van der Waals surface area contributed by atoms with Crippen LogP contribution in [0.15, 0.2) is 66.9 Å². The first-order valence-corrected chi connectivity index (χ1v) is 7.83. The lowest BCUT2D eigenvalue weighted by molar-refractivity contribution is 0.461. The third-order valence-corrected chi connectivity index (χ3v) is 3.68. The van der Waals surface area contributed by atoms with E-state index in [1.165, 1.54) is 12.1 Å². The second-order valence-electron chi connectivity index (χ2n) is 5.52. The van der Waals surface area contributed by atoms with Crippen LogP contribution >= 0.6 is 0 Å². The molecule has 0 saturated carbocycles. The Labute approximate surface area is 143 Å². The third kappa shape index (κ3) is 3.58. The number of aromatic amines is 1. The van der Waals surface area contributed by atoms with Gasteiger partial charge in [0.05, 0.1) is 11.0 Å². The molecule has 0 aliphatic carbocycles. The highest BCUT2D eigenvalue weighted by Gasteiger charge is 2.03. The second kappa shape index (κ2) is 6.60. The summed E-state index contributed by atoms with van der Waals surface area (Å²) in [5.74, 6) is 1.42. The lowest BCUT2D eigenvalue weighted by Crippen LogP contribution is -2.01. The van der Waals surface area contributed by atoms with Gasteiger partial charge in [-0.05, 0) is 42.0 Å². The lowest BCUT2D eigenvalue weighted by atomic mass is 10.3. The van der Waals surface area contributed by atoms with E-state index in [4.69, 9.17) is 4.74 Å². The number of para-hydroxylation sites is 2. The number of nitrogens with zero attached hydrogens (tertiary/aromatic N) is 2. The summed E-state index contributed by atoms with van der Waals surface area (Å²) in [6, 6.07) is 17.4. The number of halogens is 1. The van der Waals surface area contributed by atoms with Crippen LogP contribution in [0.3, 0.4) is 0 Å². The number of benzene rings is 2. The number of imidazole rings is 1. The van der Waals surface area contributed by atoms with Gasteiger partial charge in [0.25, 0.3) is 0 Å². The van der Waals surface area contributed by atoms with E-state index in [1.807, 2.05) is 30.3 Å². The topological polar surface area (TPSA) is 62.8 Å². The molecule has 5 nitrogen and oxygen atoms in total. The zero-order valence-corrected chi connectivity index (χ0v) is 13.2. The predicted octanol–water partition coefficient (Wildman–Crippen LogP) is 4.50. The number of hydrogen-bond donors (Lipinski definition) is 2. The average molecular weight is 334 g/mol. The van der Waals surface area contributed by atoms with E-state index in [0.29, 0.717) is 24.1 Å². The number of pyridine rings is 1. The summed E-state index contributed by atoms with van der Waals surface area (Å²) in [6.45, 7) is 0.587. The highest BCUT2D eigenvalue weighted by molar-refractivity contribution is 5.77. The van der Waals surface area contributed by atoms with Gasteiger partial charge in [-0.3, -0.25) is 0 Å². The summed E-state index contributed by atoms with van der Waals surface area (Å²) < 4.78 is 18.5. The van der Waals surface area contributed by atoms with E-state index in [-0.39, 0.29) is 5.82 Å². The van der Waals surface area contributed by atoms with Crippen molar-refractivity contribution in [3.05, 3.63) is 78.2 Å². The molecule has 0 fully saturated rings. The lowest BCUT2D eigenvalue weighted by Gasteiger charge is -2.06. The Balaban J connectivity index is 1.39. The van der Waals surface area contributed by atoms with Crippen molar-refractivity contribution >= 4 is 17.0 Å². The maximum absolute atomic E-state index is 12.9. The van der Waals surface area contributed by atoms with Crippen LogP contribution in [0.2, 0.25) is 0 Å². The molecule has 4 rings (SSSR count). The molecular weight excluding hydrogens is 319 g/mol. The summed E-state index contributed by atoms with van der Waals surface area (Å²) in [4.78, 5) is 11.9. The Morgan fingerprint density at radius 2 is 1.84 bits per heavy atom. The van der Waals surface area contributed by atoms with Crippen molar-refractivity contribution in [1.82, 2.24) is 15.0 Å². The van der Waals surface area contributed by atoms with Crippen molar-refractivity contribution in [3.8, 4) is 11.6 Å². The SMILES string of the molecule is Fc1ccc(Oc2ccc(CNc3nc4ccccc4[nH]3)cn2)cc1. The molecule has 124 valence electrons. The van der Waals surface area contributed by atoms with Gasteiger partial charge in [0, 0.05) is 18.8 Å². The van der Waals surface area contributed by atoms with E-state index >= 15 is 0 Å². The van der Waals surface area contributed by atoms with E-state index in [1.54, 1.807) is 24.4 Å². The Hall–Kier alpha value is -3.41. The van der Waals surface area contributed by atoms with Crippen LogP contribution in [-0.2, 0) is 6.54 Å². The standard InChI is InChI=1S/C19H15FN4O/c20-14-6-8-15(9-7-14)25-18-10-5-13(11-21-18)12-22-19-23-16-3-1-2-4-17(16)24-19/h1-11H,12H2,(H2,22,23,24). The van der Waals surface area contributed by atoms with Crippen molar-refractivity contribution in [1.29, 1.82) is 0 Å². The summed E-state index contributed by atoms with van der Waals surface area (Å²) in [5, 5.41) is 3.24. The fourth-order valence-electron chi connectivity index (χ4n) is 2.42. The molecule has 2 heterocycles. The monoisotopic (exact) mass is 334 g/mol. The van der Waals surface area contributed by atoms with Gasteiger partial charge in [0.1, 0.15) is 11.6 Å². The fraction of sp³-hybridized carbons (Fsp3) is 0.0526. The zero-order chi connectivity index (χ0) is 17.1. The van der Waals surface area contributed by atoms with Crippen LogP contribution in [0.1, 0.15) is 5.56 Å². The van der Waals surface area contributed by atoms with Gasteiger partial charge in [-0.2, -0.15) is 0 Å². The minimum absolute atomic E-state index is 0.299. The van der Waals surface area contributed by atoms with Crippen molar-refractivity contribution in [2.24, 2.45) is 0 Å². The Morgan fingerprint density at radius 1 is 1.00 bits per heavy atom. The van der Waals surface area contributed by atoms with Crippen LogP contribution in [0.5, 0.6) is 11.6 Å². The van der Waals surface area contributed by atoms with Crippen molar-refractivity contribution in [2.75, 3.05) is 5.32 Å². The first kappa shape index (κ1) is 15.1. The van der Waals surface area contributed by atoms with Gasteiger partial charge in [0.2, 0.25) is 11.8 Å². The molecule has 2 aromatic heterocycles. The van der Waals surface area contributed by atoms with Crippen molar-refractivity contribution < 1.29 is 9.13 Å². The smallest absolute Gasteiger partial charge is 0.219 e. The molecule has 0 bridgehead atoms. The molecule has 0 atom stereocenters. The summed E-state index contributed by atoms with van der Waals surface area (Å²) in [7, 11) is 0. The number of aromatic nitrogens is 3. The van der Waals surface area contributed by atoms with E-state index in [2.05, 4.69) is 20.3 Å². The van der Waals surface area contributed by atoms with Gasteiger partial charge in [-0.25, -0.2) is 14.4 Å². The van der Waals surface area contributed by atoms with Crippen molar-refractivity contribution in [2.45, 2.75) is 6.54 Å². The molecule has 0 spiro atoms. The van der Waals surface area contributed by atoms with Crippen LogP contribution in [0, 0.1) is 5.82 Å². The molecule has 2 N–H and O–H groups in total. The van der Waals surface area contributed by atoms with Crippen LogP contribution in [0.25, 0.3) is 11.0 Å². The van der Waals surface area contributed by atoms with Gasteiger partial charge in [0.15, 0.2) is 0 Å². The number of nitrogens with one attached hydrogen (secondary N) is 2. The molecule has 0 radical (unpaired) electrons. The highest BCUT2D eigenvalue weighted by Crippen LogP contribution is 2.20. The number of hydrogen-bond acceptors (Lipinski definition) is 4. The number of anilines is 1. The molecule has 0 saturated heterocycles. The van der Waals surface area contributed by atoms with Gasteiger partial charge in [-0.1, -0.05) is 18.2 Å². The Morgan fingerprint density at radius 3 is 2.60 bits per heavy atom. The summed E-state index contributed by atoms with van der Waals surface area (Å²) in [6.07, 6.45) is 1.73. The fourth-order valence-corrected chi connectivity index (χ4v) is 2.42. The molecule has 0 amide bonds. The Bertz CT molecular complexity index is 947. The predicted molar refractivity (Wildman–Crippen MR) is 94.1 cm³/mol. The van der Waals surface area contributed by atoms with Crippen LogP contribution < -0.4 is 10.1 Å². The van der Waals surface area contributed by atoms with Crippen LogP contribution in [0.4, 0.5) is 10.3 Å². The zero-order valence-electron chi connectivity index (χ0n) is 13.2. The van der Waals surface area contributed by atoms with Gasteiger partial charge >= 0.3 is 0 Å². The normalized spacial score (nSPS) is 10.8. The summed E-state index contributed by atoms with van der Waals surface area (Å²) in [5.41, 5.74) is 2.91. The van der Waals surface area contributed by atoms with E-state index in [9.17, 15) is 4.39 Å². The average Bonchev–Trinajstić information content (AvgIpc) is 3.06. The molecule has 2 aromatic carbocycles. The van der Waals surface area contributed by atoms with Gasteiger partial charge < -0.3 is 15.0 Å². The number of fused-ring (bicyclic) bond motifs is 1. The van der Waals surface area contributed by atoms with E-state index < -0.39 is 0 Å². The largest absolute Gasteiger partial charge is 0.439 e. The molecule has 0 aliphatic rings. The minimum Gasteiger partial charge on any atom is -0.439 e. The molecule has 4 aromatic rings. The highest BCUT2D eigenvalue weighted by atomic mass is 19.1. The molecule has 0 unspecified atom stereocenters. The third-order valence-electron chi connectivity index (χ3n) is 3.68. The van der Waals surface area contributed by atoms with E-state index in [0.717, 1.165) is 16.6 Å². The second-order valence-corrected chi connectivity index (χ2v) is 5.52. The number of ether oxygens (including phenoxy) is 1. The number of H-pyrrole nitrogens is 1. The van der Waals surface area contributed by atoms with Crippen LogP contribution in [-0.4, -0.2) is 15.0 Å². The maximum atomic E-state index is 12.9. The number of rotatable bonds is 5. The maximum Gasteiger partial charge on any atom is 0.219 e. The van der Waals surface area contributed by atoms with Gasteiger partial charge in [-0.15, -0.1) is 0 Å². The molecule has 0 aliphatic heterocycles.